The number of aryl methyl sites for hydroxylation is 2. The van der Waals surface area contributed by atoms with Gasteiger partial charge in [-0.1, -0.05) is 50.1 Å². The molecule has 2 aromatic rings. The Balaban J connectivity index is 2.09. The number of carboxylic acid groups (broad SMARTS) is 1. The summed E-state index contributed by atoms with van der Waals surface area (Å²) in [4.78, 5) is 23.4. The number of nitrogens with two attached hydrogens (primary N) is 1. The van der Waals surface area contributed by atoms with Gasteiger partial charge in [0.2, 0.25) is 0 Å². The van der Waals surface area contributed by atoms with Crippen molar-refractivity contribution in [3.63, 3.8) is 0 Å². The number of carboxylic acids is 1. The zero-order chi connectivity index (χ0) is 21.9. The van der Waals surface area contributed by atoms with Crippen LogP contribution in [0, 0.1) is 6.92 Å². The molecule has 0 radical (unpaired) electrons. The highest BCUT2D eigenvalue weighted by Crippen LogP contribution is 2.26. The van der Waals surface area contributed by atoms with Crippen LogP contribution in [0.4, 0.5) is 5.69 Å². The lowest BCUT2D eigenvalue weighted by Gasteiger charge is -2.11. The smallest absolute Gasteiger partial charge is 0.303 e. The van der Waals surface area contributed by atoms with E-state index in [4.69, 9.17) is 15.6 Å². The molecule has 2 rings (SSSR count). The SMILES string of the molecule is CCCCCc1ccc(C=CC(=O)c2c(N)cccc2OCCCC(=O)O)c(C)c1. The molecule has 0 aromatic heterocycles. The van der Waals surface area contributed by atoms with E-state index in [1.165, 1.54) is 30.9 Å². The van der Waals surface area contributed by atoms with Crippen LogP contribution in [0.15, 0.2) is 42.5 Å². The van der Waals surface area contributed by atoms with Crippen molar-refractivity contribution in [1.82, 2.24) is 0 Å². The van der Waals surface area contributed by atoms with E-state index in [1.54, 1.807) is 24.3 Å². The maximum Gasteiger partial charge on any atom is 0.303 e. The van der Waals surface area contributed by atoms with Crippen molar-refractivity contribution in [3.05, 3.63) is 64.7 Å². The first-order valence-corrected chi connectivity index (χ1v) is 10.5. The summed E-state index contributed by atoms with van der Waals surface area (Å²) in [5.41, 5.74) is 10.1. The van der Waals surface area contributed by atoms with E-state index in [9.17, 15) is 9.59 Å². The Bertz CT molecular complexity index is 902. The minimum absolute atomic E-state index is 0.0131. The van der Waals surface area contributed by atoms with Crippen LogP contribution < -0.4 is 10.5 Å². The second-order valence-corrected chi connectivity index (χ2v) is 7.41. The molecule has 0 saturated heterocycles. The maximum atomic E-state index is 12.8. The normalized spacial score (nSPS) is 11.0. The zero-order valence-electron chi connectivity index (χ0n) is 17.8. The van der Waals surface area contributed by atoms with Crippen molar-refractivity contribution in [2.75, 3.05) is 12.3 Å². The van der Waals surface area contributed by atoms with E-state index < -0.39 is 5.97 Å². The van der Waals surface area contributed by atoms with Crippen LogP contribution in [0.2, 0.25) is 0 Å². The number of allylic oxidation sites excluding steroid dienone is 1. The number of nitrogen functional groups attached to an aromatic ring is 1. The molecule has 160 valence electrons. The lowest BCUT2D eigenvalue weighted by atomic mass is 10.00. The van der Waals surface area contributed by atoms with E-state index in [-0.39, 0.29) is 18.8 Å². The summed E-state index contributed by atoms with van der Waals surface area (Å²) >= 11 is 0. The molecule has 0 fully saturated rings. The van der Waals surface area contributed by atoms with Gasteiger partial charge in [0, 0.05) is 12.1 Å². The van der Waals surface area contributed by atoms with Gasteiger partial charge >= 0.3 is 5.97 Å². The number of anilines is 1. The van der Waals surface area contributed by atoms with Gasteiger partial charge in [0.1, 0.15) is 5.75 Å². The van der Waals surface area contributed by atoms with Crippen LogP contribution in [0.5, 0.6) is 5.75 Å². The average Bonchev–Trinajstić information content (AvgIpc) is 2.70. The molecule has 0 unspecified atom stereocenters. The molecule has 0 spiro atoms. The monoisotopic (exact) mass is 409 g/mol. The highest BCUT2D eigenvalue weighted by molar-refractivity contribution is 6.12. The number of carbonyl (C=O) groups excluding carboxylic acids is 1. The Morgan fingerprint density at radius 1 is 1.13 bits per heavy atom. The van der Waals surface area contributed by atoms with Gasteiger partial charge in [0.15, 0.2) is 5.78 Å². The van der Waals surface area contributed by atoms with Gasteiger partial charge in [-0.2, -0.15) is 0 Å². The summed E-state index contributed by atoms with van der Waals surface area (Å²) in [6, 6.07) is 11.4. The number of unbranched alkanes of at least 4 members (excludes halogenated alkanes) is 2. The Morgan fingerprint density at radius 2 is 1.93 bits per heavy atom. The molecule has 0 aliphatic rings. The van der Waals surface area contributed by atoms with Crippen molar-refractivity contribution in [3.8, 4) is 5.75 Å². The summed E-state index contributed by atoms with van der Waals surface area (Å²) in [5, 5.41) is 8.73. The molecule has 0 atom stereocenters. The van der Waals surface area contributed by atoms with E-state index in [0.29, 0.717) is 23.4 Å². The van der Waals surface area contributed by atoms with Crippen molar-refractivity contribution in [1.29, 1.82) is 0 Å². The number of aliphatic carboxylic acids is 1. The van der Waals surface area contributed by atoms with Crippen LogP contribution in [-0.4, -0.2) is 23.5 Å². The molecule has 0 bridgehead atoms. The molecule has 30 heavy (non-hydrogen) atoms. The van der Waals surface area contributed by atoms with E-state index >= 15 is 0 Å². The molecule has 3 N–H and O–H groups in total. The number of hydrogen-bond donors (Lipinski definition) is 2. The molecule has 0 amide bonds. The first-order valence-electron chi connectivity index (χ1n) is 10.5. The fourth-order valence-corrected chi connectivity index (χ4v) is 3.25. The molecule has 5 nitrogen and oxygen atoms in total. The van der Waals surface area contributed by atoms with Gasteiger partial charge < -0.3 is 15.6 Å². The second-order valence-electron chi connectivity index (χ2n) is 7.41. The molecular weight excluding hydrogens is 378 g/mol. The average molecular weight is 410 g/mol. The third-order valence-corrected chi connectivity index (χ3v) is 4.91. The molecule has 0 heterocycles. The van der Waals surface area contributed by atoms with Crippen molar-refractivity contribution >= 4 is 23.5 Å². The van der Waals surface area contributed by atoms with Crippen molar-refractivity contribution in [2.45, 2.75) is 52.4 Å². The number of ketones is 1. The first kappa shape index (κ1) is 23.2. The molecule has 0 saturated carbocycles. The quantitative estimate of drug-likeness (QED) is 0.211. The van der Waals surface area contributed by atoms with Gasteiger partial charge in [-0.05, 0) is 61.1 Å². The van der Waals surface area contributed by atoms with E-state index in [2.05, 4.69) is 19.1 Å². The van der Waals surface area contributed by atoms with Gasteiger partial charge in [-0.3, -0.25) is 9.59 Å². The number of carbonyl (C=O) groups is 2. The summed E-state index contributed by atoms with van der Waals surface area (Å²) in [6.07, 6.45) is 8.37. The van der Waals surface area contributed by atoms with Gasteiger partial charge in [-0.15, -0.1) is 0 Å². The maximum absolute atomic E-state index is 12.8. The van der Waals surface area contributed by atoms with Gasteiger partial charge in [0.25, 0.3) is 0 Å². The van der Waals surface area contributed by atoms with Crippen LogP contribution >= 0.6 is 0 Å². The molecule has 5 heteroatoms. The van der Waals surface area contributed by atoms with Crippen molar-refractivity contribution in [2.24, 2.45) is 0 Å². The minimum Gasteiger partial charge on any atom is -0.493 e. The number of benzene rings is 2. The number of hydrogen-bond acceptors (Lipinski definition) is 4. The highest BCUT2D eigenvalue weighted by Gasteiger charge is 2.14. The minimum atomic E-state index is -0.878. The Morgan fingerprint density at radius 3 is 2.63 bits per heavy atom. The van der Waals surface area contributed by atoms with Crippen LogP contribution in [0.25, 0.3) is 6.08 Å². The topological polar surface area (TPSA) is 89.6 Å². The van der Waals surface area contributed by atoms with Crippen LogP contribution in [0.3, 0.4) is 0 Å². The molecule has 2 aromatic carbocycles. The number of ether oxygens (including phenoxy) is 1. The fourth-order valence-electron chi connectivity index (χ4n) is 3.25. The van der Waals surface area contributed by atoms with E-state index in [1.807, 2.05) is 13.0 Å². The molecule has 0 aliphatic heterocycles. The standard InChI is InChI=1S/C25H31NO4/c1-3-4-5-8-19-12-13-20(18(2)17-19)14-15-22(27)25-21(26)9-6-10-23(25)30-16-7-11-24(28)29/h6,9-10,12-15,17H,3-5,7-8,11,16,26H2,1-2H3,(H,28,29). The Kier molecular flexibility index (Phi) is 9.13. The number of rotatable bonds is 12. The van der Waals surface area contributed by atoms with Gasteiger partial charge in [-0.25, -0.2) is 0 Å². The lowest BCUT2D eigenvalue weighted by Crippen LogP contribution is -2.08. The third kappa shape index (κ3) is 7.07. The zero-order valence-corrected chi connectivity index (χ0v) is 17.8. The van der Waals surface area contributed by atoms with E-state index in [0.717, 1.165) is 17.5 Å². The van der Waals surface area contributed by atoms with Crippen LogP contribution in [-0.2, 0) is 11.2 Å². The van der Waals surface area contributed by atoms with Crippen molar-refractivity contribution < 1.29 is 19.4 Å². The summed E-state index contributed by atoms with van der Waals surface area (Å²) < 4.78 is 5.63. The predicted molar refractivity (Wildman–Crippen MR) is 121 cm³/mol. The third-order valence-electron chi connectivity index (χ3n) is 4.91. The summed E-state index contributed by atoms with van der Waals surface area (Å²) in [5.74, 6) is -0.747. The predicted octanol–water partition coefficient (Wildman–Crippen LogP) is 5.45. The molecular formula is C25H31NO4. The summed E-state index contributed by atoms with van der Waals surface area (Å²) in [6.45, 7) is 4.45. The largest absolute Gasteiger partial charge is 0.493 e. The first-order chi connectivity index (χ1) is 14.4. The molecule has 0 aliphatic carbocycles. The lowest BCUT2D eigenvalue weighted by molar-refractivity contribution is -0.137. The Hall–Kier alpha value is -3.08. The van der Waals surface area contributed by atoms with Gasteiger partial charge in [0.05, 0.1) is 12.2 Å². The fraction of sp³-hybridized carbons (Fsp3) is 0.360. The van der Waals surface area contributed by atoms with Crippen LogP contribution in [0.1, 0.15) is 66.1 Å². The highest BCUT2D eigenvalue weighted by atomic mass is 16.5. The second kappa shape index (κ2) is 11.8. The Labute approximate surface area is 178 Å². The summed E-state index contributed by atoms with van der Waals surface area (Å²) in [7, 11) is 0.